The molecule has 4 rings (SSSR count). The van der Waals surface area contributed by atoms with Gasteiger partial charge in [0.1, 0.15) is 6.10 Å². The molecule has 2 aromatic rings. The minimum atomic E-state index is 0.141. The molecule has 0 bridgehead atoms. The number of guanidine groups is 1. The summed E-state index contributed by atoms with van der Waals surface area (Å²) < 4.78 is 11.8. The van der Waals surface area contributed by atoms with Gasteiger partial charge < -0.3 is 19.7 Å². The smallest absolute Gasteiger partial charge is 0.194 e. The van der Waals surface area contributed by atoms with Crippen LogP contribution in [0.2, 0.25) is 0 Å². The Bertz CT molecular complexity index is 765. The number of fused-ring (bicyclic) bond motifs is 1. The summed E-state index contributed by atoms with van der Waals surface area (Å²) in [5.41, 5.74) is 1.29. The van der Waals surface area contributed by atoms with Crippen molar-refractivity contribution >= 4 is 16.7 Å². The van der Waals surface area contributed by atoms with Crippen LogP contribution in [-0.2, 0) is 16.0 Å². The van der Waals surface area contributed by atoms with Crippen LogP contribution >= 0.6 is 0 Å². The molecule has 0 spiro atoms. The number of hydrogen-bond acceptors (Lipinski definition) is 3. The first-order chi connectivity index (χ1) is 12.8. The summed E-state index contributed by atoms with van der Waals surface area (Å²) in [6.07, 6.45) is 2.61. The van der Waals surface area contributed by atoms with Crippen molar-refractivity contribution < 1.29 is 9.47 Å². The predicted molar refractivity (Wildman–Crippen MR) is 104 cm³/mol. The zero-order chi connectivity index (χ0) is 17.8. The van der Waals surface area contributed by atoms with Crippen LogP contribution in [0.1, 0.15) is 18.4 Å². The summed E-state index contributed by atoms with van der Waals surface area (Å²) in [7, 11) is 1.85. The predicted octanol–water partition coefficient (Wildman–Crippen LogP) is 2.80. The van der Waals surface area contributed by atoms with Crippen LogP contribution in [-0.4, -0.2) is 56.4 Å². The average molecular weight is 353 g/mol. The number of ether oxygens (including phenoxy) is 2. The molecule has 5 nitrogen and oxygen atoms in total. The van der Waals surface area contributed by atoms with Crippen LogP contribution in [0.15, 0.2) is 47.5 Å². The normalized spacial score (nSPS) is 24.2. The topological polar surface area (TPSA) is 46.1 Å². The average Bonchev–Trinajstić information content (AvgIpc) is 3.24. The number of aliphatic imine (C=N–C) groups is 1. The highest BCUT2D eigenvalue weighted by atomic mass is 16.5. The third-order valence-electron chi connectivity index (χ3n) is 5.30. The highest BCUT2D eigenvalue weighted by Crippen LogP contribution is 2.21. The first kappa shape index (κ1) is 17.3. The Balaban J connectivity index is 1.42. The monoisotopic (exact) mass is 353 g/mol. The van der Waals surface area contributed by atoms with Crippen LogP contribution < -0.4 is 5.32 Å². The van der Waals surface area contributed by atoms with E-state index in [1.54, 1.807) is 0 Å². The molecular weight excluding hydrogens is 326 g/mol. The molecule has 2 aliphatic heterocycles. The van der Waals surface area contributed by atoms with Crippen molar-refractivity contribution in [3.05, 3.63) is 48.0 Å². The molecule has 2 aromatic carbocycles. The van der Waals surface area contributed by atoms with E-state index in [9.17, 15) is 0 Å². The SMILES string of the molecule is CN=C(NCc1cccc2ccccc12)N1CCOC(C2CCCO2)C1. The standard InChI is InChI=1S/C21H27N3O2/c1-22-21(24-11-13-26-20(15-24)19-10-5-12-25-19)23-14-17-8-4-7-16-6-2-3-9-18(16)17/h2-4,6-9,19-20H,5,10-15H2,1H3,(H,22,23). The number of benzene rings is 2. The molecule has 2 atom stereocenters. The van der Waals surface area contributed by atoms with Gasteiger partial charge in [-0.3, -0.25) is 4.99 Å². The molecule has 1 N–H and O–H groups in total. The second kappa shape index (κ2) is 8.06. The Morgan fingerprint density at radius 2 is 1.96 bits per heavy atom. The number of nitrogens with one attached hydrogen (secondary N) is 1. The Labute approximate surface area is 155 Å². The molecule has 2 aliphatic rings. The minimum Gasteiger partial charge on any atom is -0.375 e. The summed E-state index contributed by atoms with van der Waals surface area (Å²) in [6.45, 7) is 4.03. The zero-order valence-corrected chi connectivity index (χ0v) is 15.4. The van der Waals surface area contributed by atoms with Gasteiger partial charge in [0.2, 0.25) is 0 Å². The summed E-state index contributed by atoms with van der Waals surface area (Å²) in [6, 6.07) is 15.0. The van der Waals surface area contributed by atoms with E-state index in [2.05, 4.69) is 57.7 Å². The van der Waals surface area contributed by atoms with Gasteiger partial charge in [0.25, 0.3) is 0 Å². The van der Waals surface area contributed by atoms with Crippen LogP contribution in [0.3, 0.4) is 0 Å². The van der Waals surface area contributed by atoms with Crippen LogP contribution in [0.5, 0.6) is 0 Å². The molecule has 0 amide bonds. The van der Waals surface area contributed by atoms with Gasteiger partial charge in [0.15, 0.2) is 5.96 Å². The maximum atomic E-state index is 5.96. The summed E-state index contributed by atoms with van der Waals surface area (Å²) in [5, 5.41) is 6.10. The molecule has 0 radical (unpaired) electrons. The van der Waals surface area contributed by atoms with E-state index in [1.165, 1.54) is 16.3 Å². The second-order valence-corrected chi connectivity index (χ2v) is 6.95. The van der Waals surface area contributed by atoms with Crippen molar-refractivity contribution in [2.45, 2.75) is 31.6 Å². The molecule has 2 unspecified atom stereocenters. The van der Waals surface area contributed by atoms with E-state index in [4.69, 9.17) is 9.47 Å². The van der Waals surface area contributed by atoms with Gasteiger partial charge in [-0.15, -0.1) is 0 Å². The van der Waals surface area contributed by atoms with Crippen molar-refractivity contribution in [3.63, 3.8) is 0 Å². The third kappa shape index (κ3) is 3.69. The van der Waals surface area contributed by atoms with Crippen molar-refractivity contribution in [1.29, 1.82) is 0 Å². The Morgan fingerprint density at radius 1 is 1.12 bits per heavy atom. The first-order valence-corrected chi connectivity index (χ1v) is 9.50. The fourth-order valence-electron chi connectivity index (χ4n) is 3.94. The van der Waals surface area contributed by atoms with E-state index in [0.717, 1.165) is 51.6 Å². The van der Waals surface area contributed by atoms with E-state index < -0.39 is 0 Å². The van der Waals surface area contributed by atoms with Crippen molar-refractivity contribution in [3.8, 4) is 0 Å². The maximum Gasteiger partial charge on any atom is 0.194 e. The highest BCUT2D eigenvalue weighted by molar-refractivity contribution is 5.86. The molecular formula is C21H27N3O2. The fraction of sp³-hybridized carbons (Fsp3) is 0.476. The minimum absolute atomic E-state index is 0.141. The second-order valence-electron chi connectivity index (χ2n) is 6.95. The van der Waals surface area contributed by atoms with Gasteiger partial charge >= 0.3 is 0 Å². The number of morpholine rings is 1. The van der Waals surface area contributed by atoms with Gasteiger partial charge in [0.05, 0.1) is 12.7 Å². The molecule has 0 aromatic heterocycles. The zero-order valence-electron chi connectivity index (χ0n) is 15.4. The van der Waals surface area contributed by atoms with Gasteiger partial charge in [-0.25, -0.2) is 0 Å². The summed E-state index contributed by atoms with van der Waals surface area (Å²) in [5.74, 6) is 0.934. The van der Waals surface area contributed by atoms with Gasteiger partial charge in [0, 0.05) is 33.3 Å². The number of rotatable bonds is 3. The van der Waals surface area contributed by atoms with Crippen molar-refractivity contribution in [2.75, 3.05) is 33.4 Å². The van der Waals surface area contributed by atoms with E-state index in [-0.39, 0.29) is 12.2 Å². The lowest BCUT2D eigenvalue weighted by atomic mass is 10.0. The Hall–Kier alpha value is -2.11. The van der Waals surface area contributed by atoms with Crippen LogP contribution in [0, 0.1) is 0 Å². The molecule has 2 heterocycles. The lowest BCUT2D eigenvalue weighted by Crippen LogP contribution is -2.53. The van der Waals surface area contributed by atoms with Crippen LogP contribution in [0.4, 0.5) is 0 Å². The van der Waals surface area contributed by atoms with Gasteiger partial charge in [-0.2, -0.15) is 0 Å². The van der Waals surface area contributed by atoms with E-state index in [1.807, 2.05) is 7.05 Å². The summed E-state index contributed by atoms with van der Waals surface area (Å²) in [4.78, 5) is 6.80. The summed E-state index contributed by atoms with van der Waals surface area (Å²) >= 11 is 0. The van der Waals surface area contributed by atoms with E-state index in [0.29, 0.717) is 0 Å². The largest absolute Gasteiger partial charge is 0.375 e. The molecule has 0 aliphatic carbocycles. The Morgan fingerprint density at radius 3 is 2.81 bits per heavy atom. The van der Waals surface area contributed by atoms with Gasteiger partial charge in [-0.05, 0) is 29.2 Å². The van der Waals surface area contributed by atoms with Crippen molar-refractivity contribution in [2.24, 2.45) is 4.99 Å². The molecule has 0 saturated carbocycles. The van der Waals surface area contributed by atoms with E-state index >= 15 is 0 Å². The lowest BCUT2D eigenvalue weighted by molar-refractivity contribution is -0.0817. The molecule has 138 valence electrons. The third-order valence-corrected chi connectivity index (χ3v) is 5.30. The molecule has 5 heteroatoms. The quantitative estimate of drug-likeness (QED) is 0.681. The fourth-order valence-corrected chi connectivity index (χ4v) is 3.94. The Kier molecular flexibility index (Phi) is 5.37. The van der Waals surface area contributed by atoms with Gasteiger partial charge in [-0.1, -0.05) is 42.5 Å². The molecule has 2 fully saturated rings. The van der Waals surface area contributed by atoms with Crippen molar-refractivity contribution in [1.82, 2.24) is 10.2 Å². The number of nitrogens with zero attached hydrogens (tertiary/aromatic N) is 2. The first-order valence-electron chi connectivity index (χ1n) is 9.50. The number of hydrogen-bond donors (Lipinski definition) is 1. The highest BCUT2D eigenvalue weighted by Gasteiger charge is 2.32. The lowest BCUT2D eigenvalue weighted by Gasteiger charge is -2.37. The maximum absolute atomic E-state index is 5.96. The van der Waals surface area contributed by atoms with Crippen LogP contribution in [0.25, 0.3) is 10.8 Å². The molecule has 2 saturated heterocycles. The molecule has 26 heavy (non-hydrogen) atoms.